The molecule has 0 saturated carbocycles. The predicted octanol–water partition coefficient (Wildman–Crippen LogP) is 3.33. The van der Waals surface area contributed by atoms with Gasteiger partial charge in [0.15, 0.2) is 11.5 Å². The summed E-state index contributed by atoms with van der Waals surface area (Å²) in [6, 6.07) is 13.3. The lowest BCUT2D eigenvalue weighted by molar-refractivity contribution is -0.120. The Hall–Kier alpha value is -2.01. The zero-order chi connectivity index (χ0) is 15.9. The molecule has 22 heavy (non-hydrogen) atoms. The molecule has 0 aromatic heterocycles. The molecule has 0 heterocycles. The predicted molar refractivity (Wildman–Crippen MR) is 89.2 cm³/mol. The number of halogens is 1. The maximum atomic E-state index is 12.0. The van der Waals surface area contributed by atoms with Crippen molar-refractivity contribution in [2.75, 3.05) is 14.2 Å². The molecule has 0 fully saturated rings. The summed E-state index contributed by atoms with van der Waals surface area (Å²) in [6.45, 7) is 0.454. The average molecular weight is 364 g/mol. The van der Waals surface area contributed by atoms with Crippen LogP contribution in [-0.4, -0.2) is 20.1 Å². The van der Waals surface area contributed by atoms with Gasteiger partial charge in [0.1, 0.15) is 0 Å². The number of amides is 1. The van der Waals surface area contributed by atoms with E-state index >= 15 is 0 Å². The van der Waals surface area contributed by atoms with E-state index in [1.807, 2.05) is 42.5 Å². The average Bonchev–Trinajstić information content (AvgIpc) is 2.54. The monoisotopic (exact) mass is 363 g/mol. The minimum atomic E-state index is -0.0166. The molecule has 0 unspecified atom stereocenters. The van der Waals surface area contributed by atoms with Gasteiger partial charge in [-0.1, -0.05) is 34.1 Å². The first-order valence-electron chi connectivity index (χ1n) is 6.84. The molecule has 0 aliphatic heterocycles. The van der Waals surface area contributed by atoms with Gasteiger partial charge in [-0.25, -0.2) is 0 Å². The first kappa shape index (κ1) is 16.4. The molecule has 2 aromatic rings. The highest BCUT2D eigenvalue weighted by Gasteiger charge is 2.07. The van der Waals surface area contributed by atoms with Gasteiger partial charge in [0.05, 0.1) is 20.6 Å². The molecular weight excluding hydrogens is 346 g/mol. The van der Waals surface area contributed by atoms with Gasteiger partial charge in [0, 0.05) is 11.0 Å². The van der Waals surface area contributed by atoms with Crippen molar-refractivity contribution >= 4 is 21.8 Å². The van der Waals surface area contributed by atoms with Crippen LogP contribution in [0.3, 0.4) is 0 Å². The second kappa shape index (κ2) is 7.84. The fraction of sp³-hybridized carbons (Fsp3) is 0.235. The molecular formula is C17H18BrNO3. The second-order valence-corrected chi connectivity index (χ2v) is 5.68. The van der Waals surface area contributed by atoms with Gasteiger partial charge < -0.3 is 14.8 Å². The summed E-state index contributed by atoms with van der Waals surface area (Å²) < 4.78 is 11.4. The van der Waals surface area contributed by atoms with Crippen molar-refractivity contribution in [2.24, 2.45) is 0 Å². The molecule has 4 nitrogen and oxygen atoms in total. The van der Waals surface area contributed by atoms with Gasteiger partial charge in [-0.05, 0) is 35.4 Å². The van der Waals surface area contributed by atoms with Crippen LogP contribution in [0.5, 0.6) is 11.5 Å². The standard InChI is InChI=1S/C17H18BrNO3/c1-21-15-8-5-13(9-16(15)22-2)11-19-17(20)10-12-3-6-14(18)7-4-12/h3-9H,10-11H2,1-2H3,(H,19,20). The van der Waals surface area contributed by atoms with Crippen LogP contribution in [-0.2, 0) is 17.8 Å². The summed E-state index contributed by atoms with van der Waals surface area (Å²) in [4.78, 5) is 12.0. The van der Waals surface area contributed by atoms with Gasteiger partial charge in [0.25, 0.3) is 0 Å². The first-order chi connectivity index (χ1) is 10.6. The Morgan fingerprint density at radius 3 is 2.27 bits per heavy atom. The molecule has 0 atom stereocenters. The summed E-state index contributed by atoms with van der Waals surface area (Å²) >= 11 is 3.38. The number of carbonyl (C=O) groups is 1. The zero-order valence-electron chi connectivity index (χ0n) is 12.6. The number of rotatable bonds is 6. The van der Waals surface area contributed by atoms with Gasteiger partial charge in [-0.15, -0.1) is 0 Å². The SMILES string of the molecule is COc1ccc(CNC(=O)Cc2ccc(Br)cc2)cc1OC. The molecule has 1 amide bonds. The third-order valence-electron chi connectivity index (χ3n) is 3.22. The Morgan fingerprint density at radius 2 is 1.64 bits per heavy atom. The van der Waals surface area contributed by atoms with Gasteiger partial charge in [-0.3, -0.25) is 4.79 Å². The maximum Gasteiger partial charge on any atom is 0.224 e. The molecule has 0 bridgehead atoms. The molecule has 0 spiro atoms. The van der Waals surface area contributed by atoms with Crippen molar-refractivity contribution in [1.82, 2.24) is 5.32 Å². The Morgan fingerprint density at radius 1 is 1.00 bits per heavy atom. The van der Waals surface area contributed by atoms with E-state index in [0.29, 0.717) is 24.5 Å². The van der Waals surface area contributed by atoms with E-state index < -0.39 is 0 Å². The molecule has 0 aliphatic carbocycles. The highest BCUT2D eigenvalue weighted by atomic mass is 79.9. The number of ether oxygens (including phenoxy) is 2. The van der Waals surface area contributed by atoms with Crippen LogP contribution in [0, 0.1) is 0 Å². The number of hydrogen-bond acceptors (Lipinski definition) is 3. The Balaban J connectivity index is 1.92. The number of benzene rings is 2. The summed E-state index contributed by atoms with van der Waals surface area (Å²) in [6.07, 6.45) is 0.362. The van der Waals surface area contributed by atoms with Crippen molar-refractivity contribution in [3.63, 3.8) is 0 Å². The molecule has 5 heteroatoms. The van der Waals surface area contributed by atoms with E-state index in [2.05, 4.69) is 21.2 Å². The highest BCUT2D eigenvalue weighted by molar-refractivity contribution is 9.10. The van der Waals surface area contributed by atoms with Crippen LogP contribution in [0.4, 0.5) is 0 Å². The van der Waals surface area contributed by atoms with E-state index in [-0.39, 0.29) is 5.91 Å². The van der Waals surface area contributed by atoms with Crippen LogP contribution >= 0.6 is 15.9 Å². The van der Waals surface area contributed by atoms with E-state index in [4.69, 9.17) is 9.47 Å². The molecule has 0 radical (unpaired) electrons. The Bertz CT molecular complexity index is 641. The van der Waals surface area contributed by atoms with E-state index in [1.54, 1.807) is 14.2 Å². The third kappa shape index (κ3) is 4.49. The number of nitrogens with one attached hydrogen (secondary N) is 1. The number of hydrogen-bond donors (Lipinski definition) is 1. The van der Waals surface area contributed by atoms with Crippen LogP contribution in [0.1, 0.15) is 11.1 Å². The Labute approximate surface area is 138 Å². The minimum Gasteiger partial charge on any atom is -0.493 e. The normalized spacial score (nSPS) is 10.1. The van der Waals surface area contributed by atoms with Crippen molar-refractivity contribution in [1.29, 1.82) is 0 Å². The smallest absolute Gasteiger partial charge is 0.224 e. The summed E-state index contributed by atoms with van der Waals surface area (Å²) in [7, 11) is 3.19. The minimum absolute atomic E-state index is 0.0166. The number of methoxy groups -OCH3 is 2. The number of carbonyl (C=O) groups excluding carboxylic acids is 1. The molecule has 1 N–H and O–H groups in total. The van der Waals surface area contributed by atoms with Crippen LogP contribution < -0.4 is 14.8 Å². The van der Waals surface area contributed by atoms with E-state index in [1.165, 1.54) is 0 Å². The van der Waals surface area contributed by atoms with Crippen molar-refractivity contribution in [2.45, 2.75) is 13.0 Å². The van der Waals surface area contributed by atoms with E-state index in [9.17, 15) is 4.79 Å². The summed E-state index contributed by atoms with van der Waals surface area (Å²) in [5.41, 5.74) is 1.94. The zero-order valence-corrected chi connectivity index (χ0v) is 14.1. The van der Waals surface area contributed by atoms with Crippen LogP contribution in [0.25, 0.3) is 0 Å². The molecule has 0 saturated heterocycles. The van der Waals surface area contributed by atoms with Crippen molar-refractivity contribution in [3.8, 4) is 11.5 Å². The van der Waals surface area contributed by atoms with Crippen molar-refractivity contribution in [3.05, 3.63) is 58.1 Å². The second-order valence-electron chi connectivity index (χ2n) is 4.77. The molecule has 0 aliphatic rings. The lowest BCUT2D eigenvalue weighted by atomic mass is 10.1. The van der Waals surface area contributed by atoms with Crippen LogP contribution in [0.2, 0.25) is 0 Å². The third-order valence-corrected chi connectivity index (χ3v) is 3.74. The Kier molecular flexibility index (Phi) is 5.83. The van der Waals surface area contributed by atoms with Gasteiger partial charge in [0.2, 0.25) is 5.91 Å². The highest BCUT2D eigenvalue weighted by Crippen LogP contribution is 2.27. The lowest BCUT2D eigenvalue weighted by Gasteiger charge is -2.10. The topological polar surface area (TPSA) is 47.6 Å². The maximum absolute atomic E-state index is 12.0. The molecule has 2 rings (SSSR count). The lowest BCUT2D eigenvalue weighted by Crippen LogP contribution is -2.24. The van der Waals surface area contributed by atoms with Crippen molar-refractivity contribution < 1.29 is 14.3 Å². The van der Waals surface area contributed by atoms with E-state index in [0.717, 1.165) is 15.6 Å². The molecule has 2 aromatic carbocycles. The first-order valence-corrected chi connectivity index (χ1v) is 7.63. The summed E-state index contributed by atoms with van der Waals surface area (Å²) in [5, 5.41) is 2.90. The molecule has 116 valence electrons. The summed E-state index contributed by atoms with van der Waals surface area (Å²) in [5.74, 6) is 1.31. The fourth-order valence-electron chi connectivity index (χ4n) is 2.04. The van der Waals surface area contributed by atoms with Crippen LogP contribution in [0.15, 0.2) is 46.9 Å². The quantitative estimate of drug-likeness (QED) is 0.856. The fourth-order valence-corrected chi connectivity index (χ4v) is 2.31. The largest absolute Gasteiger partial charge is 0.493 e. The van der Waals surface area contributed by atoms with Gasteiger partial charge >= 0.3 is 0 Å². The van der Waals surface area contributed by atoms with Gasteiger partial charge in [-0.2, -0.15) is 0 Å².